The molecule has 0 saturated carbocycles. The number of carboxylic acids is 1. The van der Waals surface area contributed by atoms with Gasteiger partial charge in [0.15, 0.2) is 0 Å². The molecular formula is C13H17ClN2O3. The van der Waals surface area contributed by atoms with Gasteiger partial charge in [-0.25, -0.2) is 9.59 Å². The van der Waals surface area contributed by atoms with E-state index in [2.05, 4.69) is 10.6 Å². The van der Waals surface area contributed by atoms with E-state index in [4.69, 9.17) is 16.7 Å². The van der Waals surface area contributed by atoms with E-state index in [1.165, 1.54) is 18.2 Å². The van der Waals surface area contributed by atoms with Gasteiger partial charge in [-0.05, 0) is 31.0 Å². The molecule has 0 aromatic heterocycles. The summed E-state index contributed by atoms with van der Waals surface area (Å²) in [5, 5.41) is 14.4. The Balaban J connectivity index is 2.72. The third-order valence-electron chi connectivity index (χ3n) is 2.79. The maximum Gasteiger partial charge on any atom is 0.335 e. The van der Waals surface area contributed by atoms with Gasteiger partial charge in [-0.15, -0.1) is 0 Å². The number of urea groups is 1. The molecule has 6 heteroatoms. The highest BCUT2D eigenvalue weighted by atomic mass is 35.5. The Labute approximate surface area is 117 Å². The Kier molecular flexibility index (Phi) is 5.63. The van der Waals surface area contributed by atoms with E-state index >= 15 is 0 Å². The van der Waals surface area contributed by atoms with Crippen molar-refractivity contribution in [3.05, 3.63) is 28.8 Å². The molecule has 3 N–H and O–H groups in total. The fraction of sp³-hybridized carbons (Fsp3) is 0.385. The van der Waals surface area contributed by atoms with Gasteiger partial charge in [-0.1, -0.05) is 25.4 Å². The lowest BCUT2D eigenvalue weighted by molar-refractivity contribution is 0.0697. The van der Waals surface area contributed by atoms with Gasteiger partial charge in [-0.2, -0.15) is 0 Å². The van der Waals surface area contributed by atoms with E-state index in [9.17, 15) is 9.59 Å². The number of nitrogens with one attached hydrogen (secondary N) is 2. The van der Waals surface area contributed by atoms with E-state index in [1.807, 2.05) is 13.8 Å². The molecule has 0 radical (unpaired) electrons. The summed E-state index contributed by atoms with van der Waals surface area (Å²) < 4.78 is 0. The van der Waals surface area contributed by atoms with Crippen LogP contribution in [0.15, 0.2) is 18.2 Å². The summed E-state index contributed by atoms with van der Waals surface area (Å²) in [6.45, 7) is 3.98. The van der Waals surface area contributed by atoms with Gasteiger partial charge in [0.05, 0.1) is 16.3 Å². The largest absolute Gasteiger partial charge is 0.478 e. The zero-order valence-corrected chi connectivity index (χ0v) is 11.6. The Morgan fingerprint density at radius 2 is 1.95 bits per heavy atom. The van der Waals surface area contributed by atoms with Crippen molar-refractivity contribution in [1.82, 2.24) is 5.32 Å². The Bertz CT molecular complexity index is 473. The number of carbonyl (C=O) groups is 2. The van der Waals surface area contributed by atoms with E-state index in [-0.39, 0.29) is 22.7 Å². The minimum Gasteiger partial charge on any atom is -0.478 e. The summed E-state index contributed by atoms with van der Waals surface area (Å²) in [7, 11) is 0. The summed E-state index contributed by atoms with van der Waals surface area (Å²) >= 11 is 5.92. The summed E-state index contributed by atoms with van der Waals surface area (Å²) in [5.41, 5.74) is 0.464. The minimum atomic E-state index is -1.06. The van der Waals surface area contributed by atoms with Crippen molar-refractivity contribution in [3.8, 4) is 0 Å². The summed E-state index contributed by atoms with van der Waals surface area (Å²) in [6, 6.07) is 3.92. The monoisotopic (exact) mass is 284 g/mol. The molecule has 0 saturated heterocycles. The van der Waals surface area contributed by atoms with E-state index in [0.717, 1.165) is 12.8 Å². The molecule has 104 valence electrons. The number of hydrogen-bond donors (Lipinski definition) is 3. The number of benzene rings is 1. The highest BCUT2D eigenvalue weighted by Gasteiger charge is 2.11. The number of carboxylic acid groups (broad SMARTS) is 1. The van der Waals surface area contributed by atoms with Crippen molar-refractivity contribution in [2.75, 3.05) is 5.32 Å². The zero-order valence-electron chi connectivity index (χ0n) is 10.9. The lowest BCUT2D eigenvalue weighted by Gasteiger charge is -2.16. The summed E-state index contributed by atoms with van der Waals surface area (Å²) in [5.74, 6) is -1.06. The predicted molar refractivity (Wildman–Crippen MR) is 74.9 cm³/mol. The predicted octanol–water partition coefficient (Wildman–Crippen LogP) is 3.35. The lowest BCUT2D eigenvalue weighted by atomic mass is 10.2. The number of anilines is 1. The lowest BCUT2D eigenvalue weighted by Crippen LogP contribution is -2.37. The van der Waals surface area contributed by atoms with Crippen molar-refractivity contribution in [1.29, 1.82) is 0 Å². The number of hydrogen-bond acceptors (Lipinski definition) is 2. The molecular weight excluding hydrogens is 268 g/mol. The molecule has 0 fully saturated rings. The first-order valence-electron chi connectivity index (χ1n) is 6.08. The third kappa shape index (κ3) is 4.44. The first-order chi connectivity index (χ1) is 8.97. The molecule has 0 unspecified atom stereocenters. The summed E-state index contributed by atoms with van der Waals surface area (Å²) in [4.78, 5) is 22.5. The fourth-order valence-electron chi connectivity index (χ4n) is 1.59. The van der Waals surface area contributed by atoms with Crippen molar-refractivity contribution in [3.63, 3.8) is 0 Å². The molecule has 19 heavy (non-hydrogen) atoms. The molecule has 1 rings (SSSR count). The van der Waals surface area contributed by atoms with Crippen LogP contribution in [0.4, 0.5) is 10.5 Å². The van der Waals surface area contributed by atoms with E-state index in [1.54, 1.807) is 0 Å². The number of aromatic carboxylic acids is 1. The van der Waals surface area contributed by atoms with Gasteiger partial charge >= 0.3 is 12.0 Å². The van der Waals surface area contributed by atoms with Gasteiger partial charge in [0.25, 0.3) is 0 Å². The number of amides is 2. The van der Waals surface area contributed by atoms with E-state index in [0.29, 0.717) is 5.69 Å². The fourth-order valence-corrected chi connectivity index (χ4v) is 1.81. The van der Waals surface area contributed by atoms with E-state index < -0.39 is 5.97 Å². The van der Waals surface area contributed by atoms with Crippen LogP contribution in [0.5, 0.6) is 0 Å². The average Bonchev–Trinajstić information content (AvgIpc) is 2.38. The van der Waals surface area contributed by atoms with Gasteiger partial charge in [-0.3, -0.25) is 0 Å². The molecule has 1 aromatic rings. The van der Waals surface area contributed by atoms with Gasteiger partial charge in [0, 0.05) is 6.04 Å². The van der Waals surface area contributed by atoms with Crippen molar-refractivity contribution >= 4 is 29.3 Å². The highest BCUT2D eigenvalue weighted by molar-refractivity contribution is 6.34. The number of halogens is 1. The quantitative estimate of drug-likeness (QED) is 0.776. The SMILES string of the molecule is CCC(CC)NC(=O)Nc1ccc(C(=O)O)cc1Cl. The topological polar surface area (TPSA) is 78.4 Å². The molecule has 0 aliphatic carbocycles. The number of rotatable bonds is 5. The Morgan fingerprint density at radius 1 is 1.32 bits per heavy atom. The van der Waals surface area contributed by atoms with Crippen LogP contribution >= 0.6 is 11.6 Å². The van der Waals surface area contributed by atoms with Gasteiger partial charge in [0.2, 0.25) is 0 Å². The molecule has 0 spiro atoms. The first kappa shape index (κ1) is 15.3. The maximum absolute atomic E-state index is 11.7. The molecule has 1 aromatic carbocycles. The van der Waals surface area contributed by atoms with Crippen LogP contribution in [0.25, 0.3) is 0 Å². The second kappa shape index (κ2) is 6.99. The van der Waals surface area contributed by atoms with Crippen LogP contribution in [0.3, 0.4) is 0 Å². The van der Waals surface area contributed by atoms with Gasteiger partial charge < -0.3 is 15.7 Å². The number of carbonyl (C=O) groups excluding carboxylic acids is 1. The van der Waals surface area contributed by atoms with Crippen molar-refractivity contribution in [2.24, 2.45) is 0 Å². The minimum absolute atomic E-state index is 0.0796. The molecule has 2 amide bonds. The molecule has 0 bridgehead atoms. The normalized spacial score (nSPS) is 10.3. The molecule has 5 nitrogen and oxygen atoms in total. The first-order valence-corrected chi connectivity index (χ1v) is 6.46. The maximum atomic E-state index is 11.7. The van der Waals surface area contributed by atoms with Crippen LogP contribution < -0.4 is 10.6 Å². The van der Waals surface area contributed by atoms with Crippen LogP contribution in [-0.2, 0) is 0 Å². The van der Waals surface area contributed by atoms with Gasteiger partial charge in [0.1, 0.15) is 0 Å². The molecule has 0 aliphatic rings. The van der Waals surface area contributed by atoms with Crippen molar-refractivity contribution < 1.29 is 14.7 Å². The Morgan fingerprint density at radius 3 is 2.42 bits per heavy atom. The average molecular weight is 285 g/mol. The second-order valence-corrected chi connectivity index (χ2v) is 4.52. The van der Waals surface area contributed by atoms with Crippen molar-refractivity contribution in [2.45, 2.75) is 32.7 Å². The van der Waals surface area contributed by atoms with Crippen LogP contribution in [0.1, 0.15) is 37.0 Å². The van der Waals surface area contributed by atoms with Crippen LogP contribution in [0, 0.1) is 0 Å². The molecule has 0 heterocycles. The summed E-state index contributed by atoms with van der Waals surface area (Å²) in [6.07, 6.45) is 1.69. The zero-order chi connectivity index (χ0) is 14.4. The highest BCUT2D eigenvalue weighted by Crippen LogP contribution is 2.23. The third-order valence-corrected chi connectivity index (χ3v) is 3.10. The molecule has 0 aliphatic heterocycles. The smallest absolute Gasteiger partial charge is 0.335 e. The standard InChI is InChI=1S/C13H17ClN2O3/c1-3-9(4-2)15-13(19)16-11-6-5-8(12(17)18)7-10(11)14/h5-7,9H,3-4H2,1-2H3,(H,17,18)(H2,15,16,19). The second-order valence-electron chi connectivity index (χ2n) is 4.11. The van der Waals surface area contributed by atoms with Crippen LogP contribution in [0.2, 0.25) is 5.02 Å². The Hall–Kier alpha value is -1.75. The molecule has 0 atom stereocenters. The van der Waals surface area contributed by atoms with Crippen LogP contribution in [-0.4, -0.2) is 23.1 Å².